The van der Waals surface area contributed by atoms with Crippen molar-refractivity contribution in [3.63, 3.8) is 0 Å². The minimum atomic E-state index is -5.19. The molecule has 0 amide bonds. The van der Waals surface area contributed by atoms with Crippen LogP contribution in [0.1, 0.15) is 89.5 Å². The molecule has 32 atom stereocenters. The fourth-order valence-corrected chi connectivity index (χ4v) is 17.5. The van der Waals surface area contributed by atoms with Crippen molar-refractivity contribution in [3.8, 4) is 0 Å². The molecular formula is C79H109N9O33S3. The van der Waals surface area contributed by atoms with Crippen molar-refractivity contribution in [3.05, 3.63) is 175 Å². The van der Waals surface area contributed by atoms with Crippen LogP contribution in [0.15, 0.2) is 137 Å². The Morgan fingerprint density at radius 3 is 0.935 bits per heavy atom. The second-order valence-corrected chi connectivity index (χ2v) is 35.1. The number of rotatable bonds is 40. The molecule has 8 unspecified atom stereocenters. The summed E-state index contributed by atoms with van der Waals surface area (Å²) in [5.74, 6) is -3.23. The zero-order valence-corrected chi connectivity index (χ0v) is 71.7. The van der Waals surface area contributed by atoms with E-state index in [0.717, 1.165) is 16.7 Å². The number of aliphatic hydroxyl groups excluding tert-OH is 1. The summed E-state index contributed by atoms with van der Waals surface area (Å²) in [5, 5.41) is 23.3. The first-order chi connectivity index (χ1) is 59.5. The van der Waals surface area contributed by atoms with E-state index in [-0.39, 0.29) is 76.2 Å². The molecule has 8 aliphatic rings. The van der Waals surface area contributed by atoms with Gasteiger partial charge in [-0.25, -0.2) is 12.5 Å². The van der Waals surface area contributed by atoms with E-state index < -0.39 is 236 Å². The first-order valence-corrected chi connectivity index (χ1v) is 45.0. The molecule has 0 aliphatic carbocycles. The fraction of sp³-hybridized carbons (Fsp3) is 0.696. The smallest absolute Gasteiger partial charge is 0.394 e. The molecule has 124 heavy (non-hydrogen) atoms. The Balaban J connectivity index is 0.742. The van der Waals surface area contributed by atoms with E-state index >= 15 is 0 Å². The van der Waals surface area contributed by atoms with Crippen molar-refractivity contribution in [1.29, 1.82) is 0 Å². The van der Waals surface area contributed by atoms with Crippen LogP contribution >= 0.6 is 0 Å². The molecule has 4 N–H and O–H groups in total. The van der Waals surface area contributed by atoms with Gasteiger partial charge in [0, 0.05) is 59.4 Å². The van der Waals surface area contributed by atoms with Gasteiger partial charge in [-0.05, 0) is 62.5 Å². The van der Waals surface area contributed by atoms with E-state index in [1.165, 1.54) is 7.11 Å². The van der Waals surface area contributed by atoms with E-state index in [1.54, 1.807) is 51.1 Å². The normalized spacial score (nSPS) is 36.9. The van der Waals surface area contributed by atoms with Gasteiger partial charge in [0.15, 0.2) is 50.3 Å². The molecule has 12 rings (SSSR count). The highest BCUT2D eigenvalue weighted by atomic mass is 32.3. The van der Waals surface area contributed by atoms with Crippen LogP contribution in [0.3, 0.4) is 0 Å². The van der Waals surface area contributed by atoms with Crippen LogP contribution in [-0.4, -0.2) is 264 Å². The summed E-state index contributed by atoms with van der Waals surface area (Å²) < 4.78 is 247. The molecule has 8 fully saturated rings. The number of nitrogens with zero attached hydrogens (tertiary/aromatic N) is 9. The van der Waals surface area contributed by atoms with Crippen molar-refractivity contribution in [2.24, 2.45) is 50.9 Å². The fourth-order valence-electron chi connectivity index (χ4n) is 16.6. The van der Waals surface area contributed by atoms with Gasteiger partial charge in [-0.3, -0.25) is 13.7 Å². The zero-order chi connectivity index (χ0) is 88.2. The third kappa shape index (κ3) is 27.1. The summed E-state index contributed by atoms with van der Waals surface area (Å²) in [4.78, 5) is 9.46. The maximum absolute atomic E-state index is 12.5. The lowest BCUT2D eigenvalue weighted by Gasteiger charge is -2.49. The maximum atomic E-state index is 12.5. The summed E-state index contributed by atoms with van der Waals surface area (Å²) in [5.41, 5.74) is 33.9. The van der Waals surface area contributed by atoms with Gasteiger partial charge in [0.2, 0.25) is 0 Å². The predicted molar refractivity (Wildman–Crippen MR) is 427 cm³/mol. The highest BCUT2D eigenvalue weighted by Gasteiger charge is 2.55. The standard InChI is InChI=1S/C79H109N9O33S3/c1-44-33-104-65(28-54(44)100-34-50-20-12-8-13-21-50)119-73-47(4)69(83-86-80)77(111-58(73)32-89)112-59-38-106-67(30-56(59)102-36-52-24-16-10-17-25-52)120-74-49(6)71(85-88-82)79(117-63(74)42-109-123(93,94)95)114-61-40-107-68(31-57(61)103-37-53-26-18-11-19-27-53)121-75-48(5)70(84-87-81)78(116-64(75)43-110-124(96,97)98)113-60-39-105-66(29-55(60)101-35-51-22-14-9-15-23-51)118-72-45(2)46(3)76(99-7)115-62(72)41-108-122(90,91)92/h8-27,44-49,54-79,89H,28-43H2,1-7H3,(H,90,91,92)(H,93,94,95)(H,96,97,98)/t44-,45-,46?,47-,48-,49-,54+,55+,56+,57+,58?,59-,60-,61-,62?,63?,64?,65+,66+,67+,68+,69?,70?,71?,72+,73+,74+,75+,76+,77+,78+,79-/m1/s1. The van der Waals surface area contributed by atoms with Gasteiger partial charge in [0.25, 0.3) is 0 Å². The molecule has 42 nitrogen and oxygen atoms in total. The van der Waals surface area contributed by atoms with Gasteiger partial charge in [-0.15, -0.1) is 0 Å². The molecule has 4 aromatic rings. The number of ether oxygens (including phenoxy) is 20. The molecule has 686 valence electrons. The molecule has 8 aliphatic heterocycles. The third-order valence-corrected chi connectivity index (χ3v) is 24.8. The average Bonchev–Trinajstić information content (AvgIpc) is 0.789. The van der Waals surface area contributed by atoms with Crippen LogP contribution in [0.5, 0.6) is 0 Å². The second kappa shape index (κ2) is 45.7. The van der Waals surface area contributed by atoms with Crippen molar-refractivity contribution in [2.45, 2.75) is 254 Å². The Kier molecular flexibility index (Phi) is 35.6. The molecule has 0 saturated carbocycles. The second-order valence-electron chi connectivity index (χ2n) is 31.8. The van der Waals surface area contributed by atoms with E-state index in [1.807, 2.05) is 112 Å². The van der Waals surface area contributed by atoms with Gasteiger partial charge in [-0.1, -0.05) is 178 Å². The van der Waals surface area contributed by atoms with Crippen molar-refractivity contribution in [2.75, 3.05) is 60.0 Å². The van der Waals surface area contributed by atoms with Gasteiger partial charge >= 0.3 is 31.2 Å². The largest absolute Gasteiger partial charge is 0.397 e. The predicted octanol–water partition coefficient (Wildman–Crippen LogP) is 8.86. The van der Waals surface area contributed by atoms with Gasteiger partial charge in [0.1, 0.15) is 42.7 Å². The molecule has 0 radical (unpaired) electrons. The quantitative estimate of drug-likeness (QED) is 0.0140. The molecule has 8 heterocycles. The number of methoxy groups -OCH3 is 1. The maximum Gasteiger partial charge on any atom is 0.397 e. The van der Waals surface area contributed by atoms with Crippen LogP contribution in [0.2, 0.25) is 0 Å². The first kappa shape index (κ1) is 96.7. The third-order valence-electron chi connectivity index (χ3n) is 23.4. The highest BCUT2D eigenvalue weighted by molar-refractivity contribution is 7.81. The summed E-state index contributed by atoms with van der Waals surface area (Å²) >= 11 is 0. The molecule has 0 bridgehead atoms. The van der Waals surface area contributed by atoms with Gasteiger partial charge in [0.05, 0.1) is 146 Å². The lowest BCUT2D eigenvalue weighted by molar-refractivity contribution is -0.347. The van der Waals surface area contributed by atoms with Crippen molar-refractivity contribution in [1.82, 2.24) is 0 Å². The Morgan fingerprint density at radius 1 is 0.363 bits per heavy atom. The number of hydrogen-bond donors (Lipinski definition) is 4. The van der Waals surface area contributed by atoms with Crippen LogP contribution in [0.25, 0.3) is 31.3 Å². The Morgan fingerprint density at radius 2 is 0.637 bits per heavy atom. The molecule has 4 aromatic carbocycles. The summed E-state index contributed by atoms with van der Waals surface area (Å²) in [7, 11) is -13.9. The minimum Gasteiger partial charge on any atom is -0.394 e. The van der Waals surface area contributed by atoms with Crippen LogP contribution in [0, 0.1) is 35.5 Å². The molecule has 45 heteroatoms. The molecule has 0 aromatic heterocycles. The van der Waals surface area contributed by atoms with Crippen LogP contribution < -0.4 is 0 Å². The van der Waals surface area contributed by atoms with E-state index in [2.05, 4.69) is 30.1 Å². The van der Waals surface area contributed by atoms with Crippen LogP contribution in [-0.2, 0) is 165 Å². The summed E-state index contributed by atoms with van der Waals surface area (Å²) in [6, 6.07) is 33.4. The Bertz CT molecular complexity index is 4480. The molecule has 8 saturated heterocycles. The monoisotopic (exact) mass is 1810 g/mol. The number of benzene rings is 4. The topological polar surface area (TPSA) is 542 Å². The van der Waals surface area contributed by atoms with Crippen molar-refractivity contribution >= 4 is 31.2 Å². The van der Waals surface area contributed by atoms with E-state index in [0.29, 0.717) is 25.2 Å². The van der Waals surface area contributed by atoms with Crippen LogP contribution in [0.4, 0.5) is 0 Å². The zero-order valence-electron chi connectivity index (χ0n) is 69.2. The number of hydrogen-bond acceptors (Lipinski definition) is 33. The lowest BCUT2D eigenvalue weighted by Crippen LogP contribution is -2.61. The summed E-state index contributed by atoms with van der Waals surface area (Å²) in [6.45, 7) is 7.59. The first-order valence-electron chi connectivity index (χ1n) is 40.9. The van der Waals surface area contributed by atoms with Gasteiger partial charge < -0.3 is 99.8 Å². The SMILES string of the molecule is CO[C@H]1OC(COS(=O)(=O)O)[C@@H](O[C@H]2C[C@H](OCc3ccccc3)[C@H](O[C@H]3OC(COS(=O)(=O)O)[C@@H](O[C@H]4C[C@H](OCc5ccccc5)[C@H](O[C@@H]5OC(COS(=O)(=O)O)[C@@H](O[C@H]6C[C@H](OCc7ccccc7)[C@H](O[C@@H]7OC(CO)[C@@H](O[C@H]8C[C@H](OCc9ccccc9)[C@H](C)CO8)[C@H](C)C7N=[N+]=[N-])CO6)[C@H](C)C5N=[N+]=[N-])CO4)[C@H](C)C3N=[N+]=[N-])CO2)[C@H](C)C1C. The summed E-state index contributed by atoms with van der Waals surface area (Å²) in [6.07, 6.45) is -25.3. The Labute approximate surface area is 718 Å². The molecule has 0 spiro atoms. The lowest BCUT2D eigenvalue weighted by atomic mass is 9.84. The number of aliphatic hydroxyl groups is 1. The van der Waals surface area contributed by atoms with E-state index in [4.69, 9.17) is 107 Å². The van der Waals surface area contributed by atoms with Crippen molar-refractivity contribution < 1.29 is 151 Å². The molecular weight excluding hydrogens is 1700 g/mol. The highest BCUT2D eigenvalue weighted by Crippen LogP contribution is 2.43. The van der Waals surface area contributed by atoms with Gasteiger partial charge in [-0.2, -0.15) is 25.3 Å². The average molecular weight is 1810 g/mol. The number of azide groups is 3. The Hall–Kier alpha value is -6.42. The van der Waals surface area contributed by atoms with E-state index in [9.17, 15) is 60.6 Å². The minimum absolute atomic E-state index is 0.0357.